The van der Waals surface area contributed by atoms with Crippen molar-refractivity contribution in [3.63, 3.8) is 0 Å². The van der Waals surface area contributed by atoms with E-state index in [4.69, 9.17) is 4.74 Å². The fraction of sp³-hybridized carbons (Fsp3) is 0.231. The fourth-order valence-corrected chi connectivity index (χ4v) is 2.77. The Hall–Kier alpha value is -1.82. The van der Waals surface area contributed by atoms with E-state index in [9.17, 15) is 14.7 Å². The molecule has 0 radical (unpaired) electrons. The van der Waals surface area contributed by atoms with E-state index in [1.54, 1.807) is 23.9 Å². The zero-order valence-electron chi connectivity index (χ0n) is 10.4. The van der Waals surface area contributed by atoms with Gasteiger partial charge in [0.05, 0.1) is 11.1 Å². The number of hydrogen-bond acceptors (Lipinski definition) is 3. The molecule has 0 unspecified atom stereocenters. The van der Waals surface area contributed by atoms with Gasteiger partial charge in [0.25, 0.3) is 0 Å². The normalized spacial score (nSPS) is 10.7. The monoisotopic (exact) mass is 325 g/mol. The molecule has 0 bridgehead atoms. The van der Waals surface area contributed by atoms with Crippen LogP contribution in [0.15, 0.2) is 22.8 Å². The van der Waals surface area contributed by atoms with Gasteiger partial charge in [-0.15, -0.1) is 0 Å². The average Bonchev–Trinajstić information content (AvgIpc) is 2.64. The number of carbonyl (C=O) groups excluding carboxylic acids is 1. The van der Waals surface area contributed by atoms with Crippen molar-refractivity contribution in [2.45, 2.75) is 13.5 Å². The molecule has 0 saturated carbocycles. The number of carbonyl (C=O) groups is 2. The number of aryl methyl sites for hydroxylation is 1. The first-order valence-electron chi connectivity index (χ1n) is 5.54. The second-order valence-electron chi connectivity index (χ2n) is 4.21. The molecule has 19 heavy (non-hydrogen) atoms. The van der Waals surface area contributed by atoms with Crippen LogP contribution in [0.2, 0.25) is 0 Å². The summed E-state index contributed by atoms with van der Waals surface area (Å²) in [5, 5.41) is 9.80. The summed E-state index contributed by atoms with van der Waals surface area (Å²) >= 11 is 3.41. The lowest BCUT2D eigenvalue weighted by atomic mass is 10.1. The molecule has 0 fully saturated rings. The molecule has 0 amide bonds. The number of carboxylic acid groups (broad SMARTS) is 1. The number of aromatic nitrogens is 1. The van der Waals surface area contributed by atoms with E-state index in [0.29, 0.717) is 5.39 Å². The highest BCUT2D eigenvalue weighted by molar-refractivity contribution is 9.10. The van der Waals surface area contributed by atoms with Gasteiger partial charge >= 0.3 is 11.9 Å². The number of benzene rings is 1. The smallest absolute Gasteiger partial charge is 0.337 e. The van der Waals surface area contributed by atoms with Crippen LogP contribution in [-0.4, -0.2) is 21.6 Å². The number of rotatable bonds is 3. The first-order valence-corrected chi connectivity index (χ1v) is 6.33. The summed E-state index contributed by atoms with van der Waals surface area (Å²) in [5.74, 6) is -1.36. The van der Waals surface area contributed by atoms with Crippen LogP contribution in [0.3, 0.4) is 0 Å². The SMILES string of the molecule is CC(=O)OCc1cc(Br)c2c(c1)c(C(=O)O)cn2C. The number of esters is 1. The minimum absolute atomic E-state index is 0.123. The summed E-state index contributed by atoms with van der Waals surface area (Å²) in [6, 6.07) is 3.55. The van der Waals surface area contributed by atoms with E-state index >= 15 is 0 Å². The van der Waals surface area contributed by atoms with Crippen molar-refractivity contribution in [1.29, 1.82) is 0 Å². The standard InChI is InChI=1S/C13H12BrNO4/c1-7(16)19-6-8-3-9-10(13(17)18)5-15(2)12(9)11(14)4-8/h3-5H,6H2,1-2H3,(H,17,18). The van der Waals surface area contributed by atoms with Crippen LogP contribution in [0.1, 0.15) is 22.8 Å². The molecule has 0 spiro atoms. The fourth-order valence-electron chi connectivity index (χ4n) is 1.99. The lowest BCUT2D eigenvalue weighted by Crippen LogP contribution is -1.99. The molecule has 100 valence electrons. The molecule has 1 N–H and O–H groups in total. The molecule has 0 aliphatic heterocycles. The van der Waals surface area contributed by atoms with Gasteiger partial charge in [-0.3, -0.25) is 4.79 Å². The number of carboxylic acids is 1. The Morgan fingerprint density at radius 1 is 1.42 bits per heavy atom. The van der Waals surface area contributed by atoms with Gasteiger partial charge in [-0.25, -0.2) is 4.79 Å². The van der Waals surface area contributed by atoms with Gasteiger partial charge in [0.1, 0.15) is 6.61 Å². The number of hydrogen-bond donors (Lipinski definition) is 1. The van der Waals surface area contributed by atoms with E-state index in [0.717, 1.165) is 15.6 Å². The maximum absolute atomic E-state index is 11.2. The molecule has 0 saturated heterocycles. The molecule has 0 aliphatic carbocycles. The van der Waals surface area contributed by atoms with E-state index in [2.05, 4.69) is 15.9 Å². The van der Waals surface area contributed by atoms with Gasteiger partial charge in [-0.05, 0) is 33.6 Å². The first-order chi connectivity index (χ1) is 8.90. The summed E-state index contributed by atoms with van der Waals surface area (Å²) in [6.45, 7) is 1.45. The summed E-state index contributed by atoms with van der Waals surface area (Å²) in [5.41, 5.74) is 1.76. The maximum Gasteiger partial charge on any atom is 0.337 e. The minimum Gasteiger partial charge on any atom is -0.478 e. The van der Waals surface area contributed by atoms with Crippen LogP contribution in [0.25, 0.3) is 10.9 Å². The summed E-state index contributed by atoms with van der Waals surface area (Å²) in [4.78, 5) is 22.0. The molecule has 1 aromatic carbocycles. The summed E-state index contributed by atoms with van der Waals surface area (Å²) in [7, 11) is 1.78. The molecule has 6 heteroatoms. The van der Waals surface area contributed by atoms with Crippen molar-refractivity contribution in [2.24, 2.45) is 7.05 Å². The third-order valence-electron chi connectivity index (χ3n) is 2.76. The first kappa shape index (κ1) is 13.6. The predicted octanol–water partition coefficient (Wildman–Crippen LogP) is 2.70. The second-order valence-corrected chi connectivity index (χ2v) is 5.07. The van der Waals surface area contributed by atoms with Gasteiger partial charge in [-0.1, -0.05) is 0 Å². The van der Waals surface area contributed by atoms with E-state index in [1.807, 2.05) is 6.07 Å². The van der Waals surface area contributed by atoms with Crippen LogP contribution < -0.4 is 0 Å². The summed E-state index contributed by atoms with van der Waals surface area (Å²) < 4.78 is 7.44. The van der Waals surface area contributed by atoms with Gasteiger partial charge in [0.2, 0.25) is 0 Å². The summed E-state index contributed by atoms with van der Waals surface area (Å²) in [6.07, 6.45) is 1.56. The van der Waals surface area contributed by atoms with E-state index in [1.165, 1.54) is 6.92 Å². The average molecular weight is 326 g/mol. The van der Waals surface area contributed by atoms with Crippen molar-refractivity contribution >= 4 is 38.8 Å². The number of nitrogens with zero attached hydrogens (tertiary/aromatic N) is 1. The number of halogens is 1. The van der Waals surface area contributed by atoms with E-state index in [-0.39, 0.29) is 18.1 Å². The van der Waals surface area contributed by atoms with Gasteiger partial charge in [-0.2, -0.15) is 0 Å². The molecule has 1 aromatic heterocycles. The van der Waals surface area contributed by atoms with Gasteiger partial charge < -0.3 is 14.4 Å². The highest BCUT2D eigenvalue weighted by atomic mass is 79.9. The topological polar surface area (TPSA) is 68.5 Å². The third-order valence-corrected chi connectivity index (χ3v) is 3.37. The number of ether oxygens (including phenoxy) is 1. The Labute approximate surface area is 117 Å². The van der Waals surface area contributed by atoms with Crippen LogP contribution in [0.5, 0.6) is 0 Å². The van der Waals surface area contributed by atoms with E-state index < -0.39 is 5.97 Å². The second kappa shape index (κ2) is 5.05. The molecular weight excluding hydrogens is 314 g/mol. The highest BCUT2D eigenvalue weighted by Gasteiger charge is 2.16. The van der Waals surface area contributed by atoms with Gasteiger partial charge in [0.15, 0.2) is 0 Å². The van der Waals surface area contributed by atoms with Gasteiger partial charge in [0, 0.05) is 30.0 Å². The van der Waals surface area contributed by atoms with Crippen molar-refractivity contribution in [2.75, 3.05) is 0 Å². The van der Waals surface area contributed by atoms with Crippen LogP contribution in [-0.2, 0) is 23.2 Å². The Balaban J connectivity index is 2.56. The number of fused-ring (bicyclic) bond motifs is 1. The van der Waals surface area contributed by atoms with Crippen LogP contribution >= 0.6 is 15.9 Å². The van der Waals surface area contributed by atoms with Crippen molar-refractivity contribution in [3.05, 3.63) is 33.9 Å². The quantitative estimate of drug-likeness (QED) is 0.881. The number of aromatic carboxylic acids is 1. The predicted molar refractivity (Wildman–Crippen MR) is 73.0 cm³/mol. The van der Waals surface area contributed by atoms with Crippen molar-refractivity contribution in [3.8, 4) is 0 Å². The molecule has 1 heterocycles. The Bertz CT molecular complexity index is 675. The third kappa shape index (κ3) is 2.63. The Morgan fingerprint density at radius 2 is 2.11 bits per heavy atom. The van der Waals surface area contributed by atoms with Crippen molar-refractivity contribution in [1.82, 2.24) is 4.57 Å². The Morgan fingerprint density at radius 3 is 2.68 bits per heavy atom. The van der Waals surface area contributed by atoms with Crippen LogP contribution in [0.4, 0.5) is 0 Å². The van der Waals surface area contributed by atoms with Crippen molar-refractivity contribution < 1.29 is 19.4 Å². The molecule has 2 aromatic rings. The molecule has 5 nitrogen and oxygen atoms in total. The zero-order valence-corrected chi connectivity index (χ0v) is 12.0. The largest absolute Gasteiger partial charge is 0.478 e. The lowest BCUT2D eigenvalue weighted by molar-refractivity contribution is -0.142. The molecular formula is C13H12BrNO4. The molecule has 2 rings (SSSR count). The highest BCUT2D eigenvalue weighted by Crippen LogP contribution is 2.30. The zero-order chi connectivity index (χ0) is 14.2. The minimum atomic E-state index is -0.984. The maximum atomic E-state index is 11.2. The van der Waals surface area contributed by atoms with Crippen LogP contribution in [0, 0.1) is 0 Å². The Kier molecular flexibility index (Phi) is 3.61. The molecule has 0 aliphatic rings. The lowest BCUT2D eigenvalue weighted by Gasteiger charge is -2.06. The molecule has 0 atom stereocenters.